The lowest BCUT2D eigenvalue weighted by atomic mass is 10.1. The van der Waals surface area contributed by atoms with Crippen molar-refractivity contribution in [3.63, 3.8) is 0 Å². The van der Waals surface area contributed by atoms with Gasteiger partial charge in [0.05, 0.1) is 15.6 Å². The second-order valence-electron chi connectivity index (χ2n) is 9.50. The molecule has 1 atom stereocenters. The van der Waals surface area contributed by atoms with E-state index in [2.05, 4.69) is 5.32 Å². The molecule has 0 bridgehead atoms. The van der Waals surface area contributed by atoms with Crippen molar-refractivity contribution in [3.05, 3.63) is 93.2 Å². The van der Waals surface area contributed by atoms with Crippen molar-refractivity contribution < 1.29 is 22.4 Å². The molecule has 0 aromatic heterocycles. The molecule has 3 aromatic rings. The quantitative estimate of drug-likeness (QED) is 0.275. The lowest BCUT2D eigenvalue weighted by Crippen LogP contribution is -2.51. The lowest BCUT2D eigenvalue weighted by Gasteiger charge is -2.32. The maximum atomic E-state index is 14.0. The molecule has 0 aliphatic heterocycles. The third-order valence-corrected chi connectivity index (χ3v) is 8.67. The third-order valence-electron chi connectivity index (χ3n) is 6.01. The highest BCUT2D eigenvalue weighted by Crippen LogP contribution is 2.29. The van der Waals surface area contributed by atoms with E-state index in [0.717, 1.165) is 16.4 Å². The topological polar surface area (TPSA) is 86.8 Å². The molecule has 3 rings (SSSR count). The number of rotatable bonds is 11. The molecule has 0 aliphatic carbocycles. The first-order chi connectivity index (χ1) is 18.8. The third kappa shape index (κ3) is 7.87. The van der Waals surface area contributed by atoms with Crippen LogP contribution in [-0.4, -0.2) is 44.3 Å². The van der Waals surface area contributed by atoms with Crippen LogP contribution in [-0.2, 0) is 26.2 Å². The standard InChI is InChI=1S/C28H29Cl3FN3O4S/c1-18(2)15-33-28(37)19(3)34(16-20-9-10-21(29)13-24(20)30)27(36)17-35(22-11-12-26(32)25(31)14-22)40(38,39)23-7-5-4-6-8-23/h4-14,18-19H,15-17H2,1-3H3,(H,33,37)/t19-/m0/s1. The Balaban J connectivity index is 2.05. The van der Waals surface area contributed by atoms with Gasteiger partial charge in [-0.3, -0.25) is 13.9 Å². The van der Waals surface area contributed by atoms with Crippen molar-refractivity contribution in [1.82, 2.24) is 10.2 Å². The SMILES string of the molecule is CC(C)CNC(=O)[C@H](C)N(Cc1ccc(Cl)cc1Cl)C(=O)CN(c1ccc(F)c(Cl)c1)S(=O)(=O)c1ccccc1. The zero-order chi connectivity index (χ0) is 29.6. The fourth-order valence-electron chi connectivity index (χ4n) is 3.76. The summed E-state index contributed by atoms with van der Waals surface area (Å²) in [4.78, 5) is 28.1. The Morgan fingerprint density at radius 3 is 2.20 bits per heavy atom. The molecule has 0 radical (unpaired) electrons. The summed E-state index contributed by atoms with van der Waals surface area (Å²) in [5, 5.41) is 3.16. The van der Waals surface area contributed by atoms with Crippen LogP contribution in [0.3, 0.4) is 0 Å². The molecule has 0 unspecified atom stereocenters. The van der Waals surface area contributed by atoms with Crippen molar-refractivity contribution in [1.29, 1.82) is 0 Å². The Hall–Kier alpha value is -2.85. The van der Waals surface area contributed by atoms with E-state index in [0.29, 0.717) is 17.1 Å². The molecule has 0 aliphatic rings. The Kier molecular flexibility index (Phi) is 10.8. The van der Waals surface area contributed by atoms with Crippen LogP contribution < -0.4 is 9.62 Å². The van der Waals surface area contributed by atoms with Crippen LogP contribution in [0.2, 0.25) is 15.1 Å². The predicted octanol–water partition coefficient (Wildman–Crippen LogP) is 6.17. The summed E-state index contributed by atoms with van der Waals surface area (Å²) in [6.07, 6.45) is 0. The maximum absolute atomic E-state index is 14.0. The molecule has 7 nitrogen and oxygen atoms in total. The first-order valence-electron chi connectivity index (χ1n) is 12.3. The predicted molar refractivity (Wildman–Crippen MR) is 157 cm³/mol. The van der Waals surface area contributed by atoms with Crippen LogP contribution in [0, 0.1) is 11.7 Å². The summed E-state index contributed by atoms with van der Waals surface area (Å²) in [7, 11) is -4.31. The molecule has 0 spiro atoms. The van der Waals surface area contributed by atoms with E-state index < -0.39 is 40.2 Å². The van der Waals surface area contributed by atoms with Gasteiger partial charge in [0.15, 0.2) is 0 Å². The molecule has 0 fully saturated rings. The number of anilines is 1. The summed E-state index contributed by atoms with van der Waals surface area (Å²) < 4.78 is 42.2. The van der Waals surface area contributed by atoms with Gasteiger partial charge >= 0.3 is 0 Å². The van der Waals surface area contributed by atoms with Gasteiger partial charge in [-0.2, -0.15) is 0 Å². The fraction of sp³-hybridized carbons (Fsp3) is 0.286. The summed E-state index contributed by atoms with van der Waals surface area (Å²) in [5.41, 5.74) is 0.482. The Bertz CT molecular complexity index is 1470. The van der Waals surface area contributed by atoms with Gasteiger partial charge in [0.2, 0.25) is 11.8 Å². The Morgan fingerprint density at radius 1 is 0.925 bits per heavy atom. The molecular formula is C28H29Cl3FN3O4S. The smallest absolute Gasteiger partial charge is 0.264 e. The van der Waals surface area contributed by atoms with Gasteiger partial charge in [-0.1, -0.05) is 72.9 Å². The minimum absolute atomic E-state index is 0.0232. The summed E-state index contributed by atoms with van der Waals surface area (Å²) in [6.45, 7) is 4.99. The number of nitrogens with one attached hydrogen (secondary N) is 1. The normalized spacial score (nSPS) is 12.2. The Morgan fingerprint density at radius 2 is 1.60 bits per heavy atom. The second-order valence-corrected chi connectivity index (χ2v) is 12.6. The van der Waals surface area contributed by atoms with Crippen molar-refractivity contribution in [2.24, 2.45) is 5.92 Å². The van der Waals surface area contributed by atoms with E-state index in [1.165, 1.54) is 29.2 Å². The van der Waals surface area contributed by atoms with Crippen LogP contribution in [0.4, 0.5) is 10.1 Å². The average molecular weight is 629 g/mol. The molecule has 214 valence electrons. The zero-order valence-corrected chi connectivity index (χ0v) is 25.2. The first-order valence-corrected chi connectivity index (χ1v) is 14.9. The van der Waals surface area contributed by atoms with E-state index in [9.17, 15) is 22.4 Å². The van der Waals surface area contributed by atoms with Crippen LogP contribution in [0.25, 0.3) is 0 Å². The maximum Gasteiger partial charge on any atom is 0.264 e. The summed E-state index contributed by atoms with van der Waals surface area (Å²) in [6, 6.07) is 14.6. The highest BCUT2D eigenvalue weighted by molar-refractivity contribution is 7.92. The van der Waals surface area contributed by atoms with Crippen molar-refractivity contribution in [2.75, 3.05) is 17.4 Å². The molecular weight excluding hydrogens is 600 g/mol. The first kappa shape index (κ1) is 31.7. The number of halogens is 4. The summed E-state index contributed by atoms with van der Waals surface area (Å²) >= 11 is 18.4. The van der Waals surface area contributed by atoms with E-state index in [-0.39, 0.29) is 33.1 Å². The van der Waals surface area contributed by atoms with Gasteiger partial charge in [0.25, 0.3) is 10.0 Å². The number of amides is 2. The zero-order valence-electron chi connectivity index (χ0n) is 22.1. The van der Waals surface area contributed by atoms with Crippen molar-refractivity contribution in [2.45, 2.75) is 38.3 Å². The molecule has 40 heavy (non-hydrogen) atoms. The van der Waals surface area contributed by atoms with Gasteiger partial charge < -0.3 is 10.2 Å². The number of carbonyl (C=O) groups is 2. The van der Waals surface area contributed by atoms with E-state index in [1.807, 2.05) is 13.8 Å². The van der Waals surface area contributed by atoms with E-state index in [4.69, 9.17) is 34.8 Å². The second kappa shape index (κ2) is 13.7. The minimum Gasteiger partial charge on any atom is -0.354 e. The molecule has 0 heterocycles. The van der Waals surface area contributed by atoms with Gasteiger partial charge in [-0.25, -0.2) is 12.8 Å². The lowest BCUT2D eigenvalue weighted by molar-refractivity contribution is -0.139. The van der Waals surface area contributed by atoms with Gasteiger partial charge in [-0.05, 0) is 60.9 Å². The van der Waals surface area contributed by atoms with Crippen LogP contribution in [0.1, 0.15) is 26.3 Å². The van der Waals surface area contributed by atoms with Gasteiger partial charge in [0.1, 0.15) is 18.4 Å². The van der Waals surface area contributed by atoms with Crippen LogP contribution >= 0.6 is 34.8 Å². The van der Waals surface area contributed by atoms with E-state index >= 15 is 0 Å². The molecule has 2 amide bonds. The molecule has 1 N–H and O–H groups in total. The Labute approximate surface area is 248 Å². The van der Waals surface area contributed by atoms with Crippen LogP contribution in [0.5, 0.6) is 0 Å². The number of hydrogen-bond acceptors (Lipinski definition) is 4. The van der Waals surface area contributed by atoms with Crippen molar-refractivity contribution in [3.8, 4) is 0 Å². The largest absolute Gasteiger partial charge is 0.354 e. The van der Waals surface area contributed by atoms with Crippen molar-refractivity contribution >= 4 is 62.3 Å². The molecule has 0 saturated heterocycles. The van der Waals surface area contributed by atoms with Crippen LogP contribution in [0.15, 0.2) is 71.6 Å². The summed E-state index contributed by atoms with van der Waals surface area (Å²) in [5.74, 6) is -1.70. The number of nitrogens with zero attached hydrogens (tertiary/aromatic N) is 2. The number of carbonyl (C=O) groups excluding carboxylic acids is 2. The monoisotopic (exact) mass is 627 g/mol. The highest BCUT2D eigenvalue weighted by Gasteiger charge is 2.33. The van der Waals surface area contributed by atoms with Gasteiger partial charge in [-0.15, -0.1) is 0 Å². The van der Waals surface area contributed by atoms with E-state index in [1.54, 1.807) is 37.3 Å². The van der Waals surface area contributed by atoms with Gasteiger partial charge in [0, 0.05) is 23.1 Å². The number of benzene rings is 3. The molecule has 3 aromatic carbocycles. The number of hydrogen-bond donors (Lipinski definition) is 1. The highest BCUT2D eigenvalue weighted by atomic mass is 35.5. The minimum atomic E-state index is -4.31. The number of sulfonamides is 1. The molecule has 0 saturated carbocycles. The fourth-order valence-corrected chi connectivity index (χ4v) is 5.83. The molecule has 12 heteroatoms. The average Bonchev–Trinajstić information content (AvgIpc) is 2.91.